The Bertz CT molecular complexity index is 409. The van der Waals surface area contributed by atoms with E-state index in [9.17, 15) is 4.79 Å². The molecule has 0 radical (unpaired) electrons. The number of hydrogen-bond acceptors (Lipinski definition) is 4. The van der Waals surface area contributed by atoms with Crippen molar-refractivity contribution in [3.63, 3.8) is 0 Å². The Morgan fingerprint density at radius 1 is 1.53 bits per heavy atom. The van der Waals surface area contributed by atoms with Crippen LogP contribution < -0.4 is 0 Å². The lowest BCUT2D eigenvalue weighted by molar-refractivity contribution is 0.0699. The molecule has 0 N–H and O–H groups in total. The van der Waals surface area contributed by atoms with Crippen LogP contribution in [-0.2, 0) is 4.74 Å². The summed E-state index contributed by atoms with van der Waals surface area (Å²) < 4.78 is 4.98. The van der Waals surface area contributed by atoms with Crippen molar-refractivity contribution in [1.82, 2.24) is 4.90 Å². The van der Waals surface area contributed by atoms with E-state index in [0.717, 1.165) is 11.1 Å². The maximum Gasteiger partial charge on any atom is 0.255 e. The van der Waals surface area contributed by atoms with Crippen LogP contribution in [-0.4, -0.2) is 37.6 Å². The lowest BCUT2D eigenvalue weighted by Gasteiger charge is -2.21. The number of aryl methyl sites for hydroxylation is 1. The van der Waals surface area contributed by atoms with E-state index >= 15 is 0 Å². The van der Waals surface area contributed by atoms with Gasteiger partial charge in [-0.3, -0.25) is 4.79 Å². The van der Waals surface area contributed by atoms with Gasteiger partial charge in [-0.2, -0.15) is 16.6 Å². The van der Waals surface area contributed by atoms with Crippen LogP contribution in [0.3, 0.4) is 0 Å². The zero-order valence-corrected chi connectivity index (χ0v) is 10.9. The average molecular weight is 252 g/mol. The molecular weight excluding hydrogens is 236 g/mol. The van der Waals surface area contributed by atoms with Gasteiger partial charge in [0, 0.05) is 25.6 Å². The summed E-state index contributed by atoms with van der Waals surface area (Å²) in [5.74, 6) is -0.0175. The Balaban J connectivity index is 2.72. The molecule has 0 aliphatic heterocycles. The molecule has 1 rings (SSSR count). The number of thiophene rings is 1. The standard InChI is InChI=1S/C12H16N2O2S/c1-10-8-17-9-11(10)12(15)14(5-3-4-13)6-7-16-2/h8-9H,3,5-7H2,1-2H3. The van der Waals surface area contributed by atoms with Gasteiger partial charge >= 0.3 is 0 Å². The molecule has 0 spiro atoms. The molecule has 5 heteroatoms. The van der Waals surface area contributed by atoms with Gasteiger partial charge in [0.1, 0.15) is 0 Å². The van der Waals surface area contributed by atoms with Crippen molar-refractivity contribution in [1.29, 1.82) is 5.26 Å². The van der Waals surface area contributed by atoms with Crippen molar-refractivity contribution in [2.45, 2.75) is 13.3 Å². The summed E-state index contributed by atoms with van der Waals surface area (Å²) in [4.78, 5) is 13.9. The second-order valence-electron chi connectivity index (χ2n) is 3.66. The number of rotatable bonds is 6. The lowest BCUT2D eigenvalue weighted by Crippen LogP contribution is -2.34. The van der Waals surface area contributed by atoms with Crippen molar-refractivity contribution in [3.05, 3.63) is 21.9 Å². The van der Waals surface area contributed by atoms with Crippen LogP contribution in [0.4, 0.5) is 0 Å². The van der Waals surface area contributed by atoms with Gasteiger partial charge in [-0.15, -0.1) is 0 Å². The number of carbonyl (C=O) groups is 1. The van der Waals surface area contributed by atoms with Crippen molar-refractivity contribution < 1.29 is 9.53 Å². The molecule has 1 amide bonds. The van der Waals surface area contributed by atoms with Crippen LogP contribution in [0.25, 0.3) is 0 Å². The Hall–Kier alpha value is -1.38. The minimum Gasteiger partial charge on any atom is -0.383 e. The number of amides is 1. The maximum absolute atomic E-state index is 12.2. The second kappa shape index (κ2) is 7.05. The van der Waals surface area contributed by atoms with Crippen LogP contribution in [0, 0.1) is 18.3 Å². The van der Waals surface area contributed by atoms with Crippen LogP contribution in [0.1, 0.15) is 22.3 Å². The van der Waals surface area contributed by atoms with E-state index in [1.54, 1.807) is 12.0 Å². The van der Waals surface area contributed by atoms with Crippen LogP contribution in [0.5, 0.6) is 0 Å². The third-order valence-corrected chi connectivity index (χ3v) is 3.29. The minimum atomic E-state index is -0.0175. The fourth-order valence-electron chi connectivity index (χ4n) is 1.45. The number of methoxy groups -OCH3 is 1. The second-order valence-corrected chi connectivity index (χ2v) is 4.41. The maximum atomic E-state index is 12.2. The molecule has 0 saturated carbocycles. The van der Waals surface area contributed by atoms with Crippen LogP contribution in [0.2, 0.25) is 0 Å². The first kappa shape index (κ1) is 13.7. The normalized spacial score (nSPS) is 9.94. The Labute approximate surface area is 105 Å². The van der Waals surface area contributed by atoms with Crippen LogP contribution >= 0.6 is 11.3 Å². The molecule has 1 heterocycles. The third-order valence-electron chi connectivity index (χ3n) is 2.43. The molecule has 0 aliphatic carbocycles. The molecule has 4 nitrogen and oxygen atoms in total. The van der Waals surface area contributed by atoms with E-state index in [0.29, 0.717) is 26.1 Å². The van der Waals surface area contributed by atoms with Crippen molar-refractivity contribution >= 4 is 17.2 Å². The first-order chi connectivity index (χ1) is 8.20. The smallest absolute Gasteiger partial charge is 0.255 e. The van der Waals surface area contributed by atoms with Crippen molar-refractivity contribution in [3.8, 4) is 6.07 Å². The monoisotopic (exact) mass is 252 g/mol. The molecule has 0 atom stereocenters. The van der Waals surface area contributed by atoms with E-state index in [1.807, 2.05) is 17.7 Å². The molecule has 1 aromatic heterocycles. The molecule has 1 aromatic rings. The van der Waals surface area contributed by atoms with Gasteiger partial charge in [-0.25, -0.2) is 0 Å². The van der Waals surface area contributed by atoms with Crippen LogP contribution in [0.15, 0.2) is 10.8 Å². The predicted octanol–water partition coefficient (Wildman–Crippen LogP) is 2.06. The number of ether oxygens (including phenoxy) is 1. The van der Waals surface area contributed by atoms with Gasteiger partial charge < -0.3 is 9.64 Å². The SMILES string of the molecule is COCCN(CCC#N)C(=O)c1cscc1C. The molecule has 0 bridgehead atoms. The molecule has 0 aliphatic rings. The van der Waals surface area contributed by atoms with E-state index in [4.69, 9.17) is 10.00 Å². The van der Waals surface area contributed by atoms with Gasteiger partial charge in [-0.1, -0.05) is 0 Å². The van der Waals surface area contributed by atoms with Gasteiger partial charge in [0.2, 0.25) is 0 Å². The van der Waals surface area contributed by atoms with E-state index in [2.05, 4.69) is 6.07 Å². The molecule has 0 saturated heterocycles. The zero-order chi connectivity index (χ0) is 12.7. The summed E-state index contributed by atoms with van der Waals surface area (Å²) in [5.41, 5.74) is 1.71. The summed E-state index contributed by atoms with van der Waals surface area (Å²) in [5, 5.41) is 12.4. The van der Waals surface area contributed by atoms with Gasteiger partial charge in [-0.05, 0) is 17.9 Å². The summed E-state index contributed by atoms with van der Waals surface area (Å²) >= 11 is 1.52. The Kier molecular flexibility index (Phi) is 5.67. The van der Waals surface area contributed by atoms with Gasteiger partial charge in [0.05, 0.1) is 24.7 Å². The average Bonchev–Trinajstić information content (AvgIpc) is 2.75. The highest BCUT2D eigenvalue weighted by molar-refractivity contribution is 7.08. The highest BCUT2D eigenvalue weighted by Gasteiger charge is 2.17. The summed E-state index contributed by atoms with van der Waals surface area (Å²) in [6.07, 6.45) is 0.346. The summed E-state index contributed by atoms with van der Waals surface area (Å²) in [6.45, 7) is 3.38. The van der Waals surface area contributed by atoms with Gasteiger partial charge in [0.15, 0.2) is 0 Å². The Morgan fingerprint density at radius 3 is 2.82 bits per heavy atom. The quantitative estimate of drug-likeness (QED) is 0.778. The molecule has 0 fully saturated rings. The van der Waals surface area contributed by atoms with Crippen molar-refractivity contribution in [2.24, 2.45) is 0 Å². The first-order valence-electron chi connectivity index (χ1n) is 5.38. The number of carbonyl (C=O) groups excluding carboxylic acids is 1. The third kappa shape index (κ3) is 3.84. The molecule has 17 heavy (non-hydrogen) atoms. The molecule has 0 unspecified atom stereocenters. The van der Waals surface area contributed by atoms with E-state index < -0.39 is 0 Å². The lowest BCUT2D eigenvalue weighted by atomic mass is 10.2. The first-order valence-corrected chi connectivity index (χ1v) is 6.33. The van der Waals surface area contributed by atoms with E-state index in [1.165, 1.54) is 11.3 Å². The predicted molar refractivity (Wildman–Crippen MR) is 67.1 cm³/mol. The minimum absolute atomic E-state index is 0.0175. The molecule has 0 aromatic carbocycles. The number of nitriles is 1. The molecular formula is C12H16N2O2S. The zero-order valence-electron chi connectivity index (χ0n) is 10.1. The summed E-state index contributed by atoms with van der Waals surface area (Å²) in [6, 6.07) is 2.06. The summed E-state index contributed by atoms with van der Waals surface area (Å²) in [7, 11) is 1.60. The fourth-order valence-corrected chi connectivity index (χ4v) is 2.27. The van der Waals surface area contributed by atoms with Gasteiger partial charge in [0.25, 0.3) is 5.91 Å². The molecule has 92 valence electrons. The largest absolute Gasteiger partial charge is 0.383 e. The number of nitrogens with zero attached hydrogens (tertiary/aromatic N) is 2. The highest BCUT2D eigenvalue weighted by atomic mass is 32.1. The Morgan fingerprint density at radius 2 is 2.29 bits per heavy atom. The number of hydrogen-bond donors (Lipinski definition) is 0. The van der Waals surface area contributed by atoms with Crippen molar-refractivity contribution in [2.75, 3.05) is 26.8 Å². The topological polar surface area (TPSA) is 53.3 Å². The highest BCUT2D eigenvalue weighted by Crippen LogP contribution is 2.16. The van der Waals surface area contributed by atoms with E-state index in [-0.39, 0.29) is 5.91 Å². The fraction of sp³-hybridized carbons (Fsp3) is 0.500.